The number of likely N-dealkylation sites (tertiary alicyclic amines) is 2. The second-order valence-electron chi connectivity index (χ2n) is 39.4. The molecule has 8 N–H and O–H groups in total. The zero-order valence-corrected chi connectivity index (χ0v) is 80.0. The van der Waals surface area contributed by atoms with E-state index in [-0.39, 0.29) is 11.7 Å². The fourth-order valence-corrected chi connectivity index (χ4v) is 21.4. The van der Waals surface area contributed by atoms with Crippen molar-refractivity contribution in [2.75, 3.05) is 177 Å². The third-order valence-electron chi connectivity index (χ3n) is 29.6. The number of anilines is 4. The highest BCUT2D eigenvalue weighted by molar-refractivity contribution is 6.31. The van der Waals surface area contributed by atoms with Gasteiger partial charge < -0.3 is 75.5 Å². The molecule has 8 aliphatic heterocycles. The predicted molar refractivity (Wildman–Crippen MR) is 549 cm³/mol. The first-order chi connectivity index (χ1) is 64.3. The summed E-state index contributed by atoms with van der Waals surface area (Å²) in [5.41, 5.74) is 19.5. The average Bonchev–Trinajstić information content (AvgIpc) is 1.65. The molecule has 132 heavy (non-hydrogen) atoms. The number of H-pyrrole nitrogens is 4. The molecule has 8 aliphatic rings. The van der Waals surface area contributed by atoms with Crippen LogP contribution in [0.1, 0.15) is 131 Å². The van der Waals surface area contributed by atoms with Crippen molar-refractivity contribution in [3.05, 3.63) is 217 Å². The molecule has 20 rings (SSSR count). The number of carbonyl (C=O) groups is 1. The van der Waals surface area contributed by atoms with Crippen molar-refractivity contribution in [1.82, 2.24) is 70.6 Å². The lowest BCUT2D eigenvalue weighted by Crippen LogP contribution is -2.51. The smallest absolute Gasteiger partial charge is 0.223 e. The number of aromatic amines is 4. The largest absolute Gasteiger partial charge is 0.371 e. The zero-order valence-electron chi connectivity index (χ0n) is 79.3. The summed E-state index contributed by atoms with van der Waals surface area (Å²) in [6.45, 7) is 38.8. The van der Waals surface area contributed by atoms with Crippen molar-refractivity contribution < 1.29 is 9.18 Å². The number of hydrogen-bond acceptors (Lipinski definition) is 15. The molecule has 698 valence electrons. The number of nitriles is 1. The average molecular weight is 1800 g/mol. The number of carbonyl (C=O) groups excluding carboxylic acids is 1. The monoisotopic (exact) mass is 1800 g/mol. The minimum absolute atomic E-state index is 0.216. The standard InChI is InChI=1S/C29H38FN5O.C28H38ClN5.C27H36N4.C26H31N5/c1-21(2)33-14-16-35(17-15-33)29(36)8-11-31-25-9-12-34(13-10-25)26-5-3-4-22(19-26)28-20-23-18-24(30)6-7-27(23)32-28;1-21(2)33-16-14-32(15-17-33)13-10-30-25-8-11-34(12-9-25)26-5-3-4-22(19-26)28-20-23-18-24(29)6-7-27(23)31-28;1-20(2)30-14-10-23(11-15-30)28-24-12-16-31(17-13-24)25-8-5-7-21(18-25)27-19-22-6-3-4-9-26(22)29-27;1-30-11-7-22(8-12-30)28-23-9-13-31(14-10-23)24-4-2-3-20(16-24)26-17-21-15-19(18-27)5-6-25(21)29-26/h3-7,18-21,25,31-32H,8-17H2,1-2H3;3-7,18-21,25,30-31H,8-17H2,1-2H3;3-9,18-20,23-24,28-29H,10-17H2,1-2H3;2-6,15-17,22-23,28-29H,7-14H2,1H3. The van der Waals surface area contributed by atoms with Gasteiger partial charge in [-0.15, -0.1) is 0 Å². The molecule has 0 unspecified atom stereocenters. The van der Waals surface area contributed by atoms with Gasteiger partial charge in [0.25, 0.3) is 0 Å². The number of rotatable bonds is 23. The zero-order chi connectivity index (χ0) is 91.0. The number of nitrogens with zero attached hydrogens (tertiary/aromatic N) is 11. The highest BCUT2D eigenvalue weighted by atomic mass is 35.5. The number of amides is 1. The molecular weight excluding hydrogens is 1660 g/mol. The number of aromatic nitrogens is 4. The first-order valence-corrected chi connectivity index (χ1v) is 50.2. The van der Waals surface area contributed by atoms with Crippen LogP contribution in [-0.4, -0.2) is 267 Å². The normalized spacial score (nSPS) is 18.8. The summed E-state index contributed by atoms with van der Waals surface area (Å²) in [6.07, 6.45) is 15.2. The molecule has 0 aliphatic carbocycles. The molecule has 0 radical (unpaired) electrons. The predicted octanol–water partition coefficient (Wildman–Crippen LogP) is 19.2. The Balaban J connectivity index is 0.000000123. The van der Waals surface area contributed by atoms with Crippen LogP contribution in [0.25, 0.3) is 88.6 Å². The van der Waals surface area contributed by atoms with Crippen molar-refractivity contribution in [3.8, 4) is 51.1 Å². The van der Waals surface area contributed by atoms with E-state index in [1.807, 2.05) is 47.4 Å². The molecule has 0 saturated carbocycles. The topological polar surface area (TPSA) is 185 Å². The van der Waals surface area contributed by atoms with E-state index in [0.717, 1.165) is 165 Å². The molecular formula is C110H143ClFN19O. The van der Waals surface area contributed by atoms with Gasteiger partial charge in [0, 0.05) is 279 Å². The van der Waals surface area contributed by atoms with Crippen LogP contribution in [0, 0.1) is 17.1 Å². The Kier molecular flexibility index (Phi) is 31.9. The van der Waals surface area contributed by atoms with Crippen molar-refractivity contribution in [3.63, 3.8) is 0 Å². The van der Waals surface area contributed by atoms with E-state index < -0.39 is 0 Å². The Bertz CT molecular complexity index is 5690. The lowest BCUT2D eigenvalue weighted by molar-refractivity contribution is -0.133. The maximum absolute atomic E-state index is 13.6. The van der Waals surface area contributed by atoms with E-state index in [2.05, 4.69) is 279 Å². The second-order valence-corrected chi connectivity index (χ2v) is 39.8. The number of halogens is 2. The third kappa shape index (κ3) is 24.7. The molecule has 8 saturated heterocycles. The molecule has 12 aromatic rings. The quantitative estimate of drug-likeness (QED) is 0.0302. The van der Waals surface area contributed by atoms with Gasteiger partial charge in [0.05, 0.1) is 11.6 Å². The fraction of sp³-hybridized carbons (Fsp3) is 0.473. The summed E-state index contributed by atoms with van der Waals surface area (Å²) >= 11 is 6.17. The summed E-state index contributed by atoms with van der Waals surface area (Å²) in [5, 5.41) is 29.7. The van der Waals surface area contributed by atoms with Crippen molar-refractivity contribution in [1.29, 1.82) is 5.26 Å². The van der Waals surface area contributed by atoms with Crippen LogP contribution in [0.15, 0.2) is 200 Å². The number of nitrogens with one attached hydrogen (secondary N) is 8. The summed E-state index contributed by atoms with van der Waals surface area (Å²) in [5.74, 6) is 0.0620. The van der Waals surface area contributed by atoms with Gasteiger partial charge in [0.2, 0.25) is 5.91 Å². The minimum atomic E-state index is -0.216. The lowest BCUT2D eigenvalue weighted by Gasteiger charge is -2.39. The van der Waals surface area contributed by atoms with E-state index in [0.29, 0.717) is 66.4 Å². The van der Waals surface area contributed by atoms with E-state index >= 15 is 0 Å². The summed E-state index contributed by atoms with van der Waals surface area (Å²) in [4.78, 5) is 51.4. The lowest BCUT2D eigenvalue weighted by atomic mass is 9.98. The van der Waals surface area contributed by atoms with E-state index in [1.54, 1.807) is 12.1 Å². The van der Waals surface area contributed by atoms with Crippen LogP contribution in [-0.2, 0) is 4.79 Å². The third-order valence-corrected chi connectivity index (χ3v) is 29.8. The van der Waals surface area contributed by atoms with Gasteiger partial charge in [-0.2, -0.15) is 5.26 Å². The molecule has 22 heteroatoms. The molecule has 8 fully saturated rings. The Morgan fingerprint density at radius 3 is 1.18 bits per heavy atom. The van der Waals surface area contributed by atoms with Gasteiger partial charge in [-0.05, 0) is 308 Å². The van der Waals surface area contributed by atoms with Crippen LogP contribution < -0.4 is 40.9 Å². The Morgan fingerprint density at radius 2 is 0.742 bits per heavy atom. The summed E-state index contributed by atoms with van der Waals surface area (Å²) < 4.78 is 13.6. The SMILES string of the molecule is CC(C)N1CCC(NC2CCN(c3cccc(-c4cc5ccccc5[nH]4)c3)CC2)CC1.CC(C)N1CCN(C(=O)CCNC2CCN(c3cccc(-c4cc5cc(F)ccc5[nH]4)c3)CC2)CC1.CC(C)N1CCN(CCNC2CCN(c3cccc(-c4cc5cc(Cl)ccc5[nH]4)c3)CC2)CC1.CN1CCC(NC2CCN(c3cccc(-c4cc5cc(C#N)ccc5[nH]4)c3)CC2)CC1. The number of piperidine rings is 6. The van der Waals surface area contributed by atoms with Crippen molar-refractivity contribution >= 4 is 83.9 Å². The van der Waals surface area contributed by atoms with Crippen LogP contribution >= 0.6 is 11.6 Å². The minimum Gasteiger partial charge on any atom is -0.371 e. The van der Waals surface area contributed by atoms with Crippen LogP contribution in [0.2, 0.25) is 5.02 Å². The molecule has 0 spiro atoms. The number of para-hydroxylation sites is 1. The van der Waals surface area contributed by atoms with Crippen molar-refractivity contribution in [2.24, 2.45) is 0 Å². The van der Waals surface area contributed by atoms with Crippen LogP contribution in [0.5, 0.6) is 0 Å². The van der Waals surface area contributed by atoms with Crippen LogP contribution in [0.3, 0.4) is 0 Å². The molecule has 20 nitrogen and oxygen atoms in total. The van der Waals surface area contributed by atoms with Gasteiger partial charge in [-0.3, -0.25) is 19.5 Å². The molecule has 0 atom stereocenters. The number of fused-ring (bicyclic) bond motifs is 4. The van der Waals surface area contributed by atoms with E-state index in [9.17, 15) is 9.18 Å². The molecule has 1 amide bonds. The Hall–Kier alpha value is -10.1. The van der Waals surface area contributed by atoms with Gasteiger partial charge in [0.15, 0.2) is 0 Å². The van der Waals surface area contributed by atoms with E-state index in [1.165, 1.54) is 185 Å². The van der Waals surface area contributed by atoms with Gasteiger partial charge in [-0.1, -0.05) is 78.3 Å². The maximum Gasteiger partial charge on any atom is 0.223 e. The van der Waals surface area contributed by atoms with Gasteiger partial charge >= 0.3 is 0 Å². The first kappa shape index (κ1) is 93.7. The highest BCUT2D eigenvalue weighted by Crippen LogP contribution is 2.36. The van der Waals surface area contributed by atoms with E-state index in [4.69, 9.17) is 16.9 Å². The molecule has 4 aromatic heterocycles. The van der Waals surface area contributed by atoms with Gasteiger partial charge in [-0.25, -0.2) is 4.39 Å². The Morgan fingerprint density at radius 1 is 0.379 bits per heavy atom. The number of hydrogen-bond donors (Lipinski definition) is 8. The fourth-order valence-electron chi connectivity index (χ4n) is 21.3. The molecule has 8 aromatic carbocycles. The number of piperazine rings is 2. The second kappa shape index (κ2) is 44.9. The van der Waals surface area contributed by atoms with Crippen LogP contribution in [0.4, 0.5) is 27.1 Å². The first-order valence-electron chi connectivity index (χ1n) is 49.8. The Labute approximate surface area is 788 Å². The summed E-state index contributed by atoms with van der Waals surface area (Å²) in [6, 6.07) is 77.0. The maximum atomic E-state index is 13.6. The van der Waals surface area contributed by atoms with Gasteiger partial charge in [0.1, 0.15) is 5.82 Å². The summed E-state index contributed by atoms with van der Waals surface area (Å²) in [7, 11) is 2.22. The number of benzene rings is 8. The molecule has 12 heterocycles. The highest BCUT2D eigenvalue weighted by Gasteiger charge is 2.31. The van der Waals surface area contributed by atoms with Crippen molar-refractivity contribution in [2.45, 2.75) is 179 Å². The molecule has 0 bridgehead atoms.